The quantitative estimate of drug-likeness (QED) is 0.592. The molecular weight excluding hydrogens is 344 g/mol. The highest BCUT2D eigenvalue weighted by molar-refractivity contribution is 8.00. The Bertz CT molecular complexity index is 734. The first-order valence-corrected chi connectivity index (χ1v) is 7.70. The van der Waals surface area contributed by atoms with Crippen LogP contribution in [0.4, 0.5) is 28.0 Å². The lowest BCUT2D eigenvalue weighted by Gasteiger charge is -2.11. The lowest BCUT2D eigenvalue weighted by atomic mass is 10.1. The second-order valence-electron chi connectivity index (χ2n) is 4.95. The maximum absolute atomic E-state index is 13.2. The molecule has 0 aromatic heterocycles. The molecule has 128 valence electrons. The van der Waals surface area contributed by atoms with E-state index in [0.29, 0.717) is 5.56 Å². The molecule has 2 aromatic rings. The molecule has 3 nitrogen and oxygen atoms in total. The summed E-state index contributed by atoms with van der Waals surface area (Å²) in [5.74, 6) is -0.408. The first-order chi connectivity index (χ1) is 11.2. The monoisotopic (exact) mass is 358 g/mol. The lowest BCUT2D eigenvalue weighted by Crippen LogP contribution is -2.28. The Kier molecular flexibility index (Phi) is 5.71. The van der Waals surface area contributed by atoms with E-state index in [-0.39, 0.29) is 28.9 Å². The molecule has 2 amide bonds. The van der Waals surface area contributed by atoms with Crippen LogP contribution in [-0.2, 0) is 6.54 Å². The van der Waals surface area contributed by atoms with Gasteiger partial charge in [0.25, 0.3) is 0 Å². The minimum atomic E-state index is -4.39. The summed E-state index contributed by atoms with van der Waals surface area (Å²) in [7, 11) is 0. The molecule has 2 aromatic carbocycles. The molecule has 0 spiro atoms. The maximum Gasteiger partial charge on any atom is 0.446 e. The number of anilines is 1. The van der Waals surface area contributed by atoms with E-state index >= 15 is 0 Å². The van der Waals surface area contributed by atoms with E-state index in [9.17, 15) is 22.4 Å². The van der Waals surface area contributed by atoms with Gasteiger partial charge in [-0.25, -0.2) is 9.18 Å². The number of carbonyl (C=O) groups excluding carboxylic acids is 1. The van der Waals surface area contributed by atoms with Crippen molar-refractivity contribution in [3.8, 4) is 0 Å². The van der Waals surface area contributed by atoms with Crippen LogP contribution in [0.2, 0.25) is 0 Å². The third-order valence-corrected chi connectivity index (χ3v) is 3.80. The van der Waals surface area contributed by atoms with E-state index < -0.39 is 17.4 Å². The van der Waals surface area contributed by atoms with Crippen LogP contribution in [0.25, 0.3) is 0 Å². The van der Waals surface area contributed by atoms with Gasteiger partial charge in [0, 0.05) is 17.1 Å². The maximum atomic E-state index is 13.2. The Balaban J connectivity index is 1.95. The fourth-order valence-corrected chi connectivity index (χ4v) is 2.55. The summed E-state index contributed by atoms with van der Waals surface area (Å²) in [4.78, 5) is 11.8. The molecule has 0 aliphatic rings. The summed E-state index contributed by atoms with van der Waals surface area (Å²) in [6, 6.07) is 9.07. The van der Waals surface area contributed by atoms with Crippen LogP contribution in [0.3, 0.4) is 0 Å². The lowest BCUT2D eigenvalue weighted by molar-refractivity contribution is -0.0328. The molecule has 2 rings (SSSR count). The van der Waals surface area contributed by atoms with Gasteiger partial charge in [-0.1, -0.05) is 12.1 Å². The molecule has 0 aliphatic carbocycles. The van der Waals surface area contributed by atoms with Crippen molar-refractivity contribution < 1.29 is 22.4 Å². The largest absolute Gasteiger partial charge is 0.446 e. The van der Waals surface area contributed by atoms with Gasteiger partial charge in [-0.05, 0) is 60.1 Å². The average Bonchev–Trinajstić information content (AvgIpc) is 2.47. The summed E-state index contributed by atoms with van der Waals surface area (Å²) in [5, 5.41) is 4.99. The Morgan fingerprint density at radius 2 is 1.92 bits per heavy atom. The Labute approximate surface area is 140 Å². The highest BCUT2D eigenvalue weighted by atomic mass is 32.2. The molecule has 8 heteroatoms. The second kappa shape index (κ2) is 7.57. The predicted molar refractivity (Wildman–Crippen MR) is 85.3 cm³/mol. The van der Waals surface area contributed by atoms with Gasteiger partial charge >= 0.3 is 11.5 Å². The van der Waals surface area contributed by atoms with Gasteiger partial charge in [0.15, 0.2) is 0 Å². The first-order valence-electron chi connectivity index (χ1n) is 6.88. The minimum absolute atomic E-state index is 0.0266. The number of aryl methyl sites for hydroxylation is 1. The normalized spacial score (nSPS) is 11.2. The van der Waals surface area contributed by atoms with Crippen LogP contribution in [0.5, 0.6) is 0 Å². The fraction of sp³-hybridized carbons (Fsp3) is 0.188. The molecular formula is C16H14F4N2OS. The number of nitrogens with one attached hydrogen (secondary N) is 2. The van der Waals surface area contributed by atoms with Gasteiger partial charge in [-0.15, -0.1) is 0 Å². The molecule has 0 atom stereocenters. The topological polar surface area (TPSA) is 41.1 Å². The smallest absolute Gasteiger partial charge is 0.334 e. The van der Waals surface area contributed by atoms with Crippen LogP contribution in [-0.4, -0.2) is 11.5 Å². The number of alkyl halides is 3. The van der Waals surface area contributed by atoms with E-state index in [1.54, 1.807) is 13.0 Å². The van der Waals surface area contributed by atoms with Gasteiger partial charge in [0.05, 0.1) is 0 Å². The van der Waals surface area contributed by atoms with E-state index in [1.165, 1.54) is 36.4 Å². The van der Waals surface area contributed by atoms with Crippen molar-refractivity contribution in [2.24, 2.45) is 0 Å². The number of thioether (sulfide) groups is 1. The summed E-state index contributed by atoms with van der Waals surface area (Å²) in [6.07, 6.45) is 0. The van der Waals surface area contributed by atoms with Crippen molar-refractivity contribution in [1.82, 2.24) is 5.32 Å². The van der Waals surface area contributed by atoms with Crippen LogP contribution in [0.15, 0.2) is 47.4 Å². The number of halogens is 4. The van der Waals surface area contributed by atoms with E-state index in [1.807, 2.05) is 0 Å². The molecule has 0 saturated heterocycles. The molecule has 0 unspecified atom stereocenters. The van der Waals surface area contributed by atoms with Gasteiger partial charge in [-0.2, -0.15) is 13.2 Å². The standard InChI is InChI=1S/C16H14F4N2OS/c1-10-5-6-12(17)7-11(10)9-21-15(23)22-13-3-2-4-14(8-13)24-16(18,19)20/h2-8H,9H2,1H3,(H2,21,22,23). The zero-order valence-corrected chi connectivity index (χ0v) is 13.4. The van der Waals surface area contributed by atoms with E-state index in [0.717, 1.165) is 5.56 Å². The average molecular weight is 358 g/mol. The van der Waals surface area contributed by atoms with E-state index in [4.69, 9.17) is 0 Å². The third-order valence-electron chi connectivity index (χ3n) is 3.08. The van der Waals surface area contributed by atoms with Gasteiger partial charge in [0.2, 0.25) is 0 Å². The van der Waals surface area contributed by atoms with Crippen LogP contribution in [0.1, 0.15) is 11.1 Å². The Hall–Kier alpha value is -2.22. The Morgan fingerprint density at radius 3 is 2.62 bits per heavy atom. The van der Waals surface area contributed by atoms with Crippen LogP contribution >= 0.6 is 11.8 Å². The number of hydrogen-bond acceptors (Lipinski definition) is 2. The molecule has 0 fully saturated rings. The van der Waals surface area contributed by atoms with Crippen LogP contribution in [0, 0.1) is 12.7 Å². The van der Waals surface area contributed by atoms with E-state index in [2.05, 4.69) is 10.6 Å². The van der Waals surface area contributed by atoms with Crippen LogP contribution < -0.4 is 10.6 Å². The number of amides is 2. The number of hydrogen-bond donors (Lipinski definition) is 2. The summed E-state index contributed by atoms with van der Waals surface area (Å²) in [6.45, 7) is 1.89. The van der Waals surface area contributed by atoms with Gasteiger partial charge < -0.3 is 10.6 Å². The summed E-state index contributed by atoms with van der Waals surface area (Å²) >= 11 is -0.258. The second-order valence-corrected chi connectivity index (χ2v) is 6.09. The first kappa shape index (κ1) is 18.1. The molecule has 24 heavy (non-hydrogen) atoms. The SMILES string of the molecule is Cc1ccc(F)cc1CNC(=O)Nc1cccc(SC(F)(F)F)c1. The van der Waals surface area contributed by atoms with Gasteiger partial charge in [0.1, 0.15) is 5.82 Å². The molecule has 2 N–H and O–H groups in total. The van der Waals surface area contributed by atoms with Crippen molar-refractivity contribution in [3.05, 3.63) is 59.4 Å². The highest BCUT2D eigenvalue weighted by Gasteiger charge is 2.29. The van der Waals surface area contributed by atoms with Gasteiger partial charge in [-0.3, -0.25) is 0 Å². The molecule has 0 bridgehead atoms. The van der Waals surface area contributed by atoms with Crippen molar-refractivity contribution in [1.29, 1.82) is 0 Å². The number of benzene rings is 2. The predicted octanol–water partition coefficient (Wildman–Crippen LogP) is 5.07. The third kappa shape index (κ3) is 5.77. The molecule has 0 heterocycles. The number of carbonyl (C=O) groups is 1. The number of urea groups is 1. The number of rotatable bonds is 4. The summed E-state index contributed by atoms with van der Waals surface area (Å²) < 4.78 is 50.2. The fourth-order valence-electron chi connectivity index (χ4n) is 1.95. The van der Waals surface area contributed by atoms with Crippen molar-refractivity contribution in [3.63, 3.8) is 0 Å². The molecule has 0 radical (unpaired) electrons. The molecule has 0 aliphatic heterocycles. The zero-order chi connectivity index (χ0) is 17.7. The van der Waals surface area contributed by atoms with Crippen molar-refractivity contribution >= 4 is 23.5 Å². The van der Waals surface area contributed by atoms with Crippen molar-refractivity contribution in [2.45, 2.75) is 23.9 Å². The Morgan fingerprint density at radius 1 is 1.17 bits per heavy atom. The summed E-state index contributed by atoms with van der Waals surface area (Å²) in [5.41, 5.74) is -2.72. The zero-order valence-electron chi connectivity index (χ0n) is 12.6. The van der Waals surface area contributed by atoms with Crippen molar-refractivity contribution in [2.75, 3.05) is 5.32 Å². The molecule has 0 saturated carbocycles. The minimum Gasteiger partial charge on any atom is -0.334 e. The highest BCUT2D eigenvalue weighted by Crippen LogP contribution is 2.37.